The molecule has 1 N–H and O–H groups in total. The van der Waals surface area contributed by atoms with E-state index in [1.807, 2.05) is 0 Å². The highest BCUT2D eigenvalue weighted by Crippen LogP contribution is 1.84. The summed E-state index contributed by atoms with van der Waals surface area (Å²) in [6.45, 7) is 1.09. The molecule has 14 heavy (non-hydrogen) atoms. The van der Waals surface area contributed by atoms with E-state index in [0.717, 1.165) is 6.08 Å². The molecule has 0 saturated carbocycles. The summed E-state index contributed by atoms with van der Waals surface area (Å²) in [5, 5.41) is 8.14. The van der Waals surface area contributed by atoms with E-state index >= 15 is 0 Å². The molecule has 0 aromatic heterocycles. The maximum Gasteiger partial charge on any atom is 0.331 e. The van der Waals surface area contributed by atoms with E-state index in [4.69, 9.17) is 5.11 Å². The maximum absolute atomic E-state index is 10.7. The number of carboxylic acids is 1. The number of carbonyl (C=O) groups excluding carboxylic acids is 2. The lowest BCUT2D eigenvalue weighted by Gasteiger charge is -2.01. The number of aliphatic carboxylic acids is 1. The number of ether oxygens (including phenoxy) is 2. The number of hydrogen-bond acceptors (Lipinski definition) is 5. The van der Waals surface area contributed by atoms with E-state index in [1.165, 1.54) is 6.92 Å². The first-order valence-electron chi connectivity index (χ1n) is 3.73. The van der Waals surface area contributed by atoms with Gasteiger partial charge in [-0.3, -0.25) is 4.79 Å². The van der Waals surface area contributed by atoms with Crippen molar-refractivity contribution >= 4 is 17.9 Å². The van der Waals surface area contributed by atoms with Crippen LogP contribution in [0.15, 0.2) is 12.2 Å². The molecule has 0 amide bonds. The summed E-state index contributed by atoms with van der Waals surface area (Å²) < 4.78 is 8.94. The van der Waals surface area contributed by atoms with Crippen LogP contribution >= 0.6 is 0 Å². The van der Waals surface area contributed by atoms with Crippen LogP contribution in [0.5, 0.6) is 0 Å². The third kappa shape index (κ3) is 8.25. The molecule has 0 spiro atoms. The fourth-order valence-corrected chi connectivity index (χ4v) is 0.515. The van der Waals surface area contributed by atoms with Crippen molar-refractivity contribution in [3.63, 3.8) is 0 Å². The van der Waals surface area contributed by atoms with Crippen molar-refractivity contribution in [1.82, 2.24) is 0 Å². The predicted octanol–water partition coefficient (Wildman–Crippen LogP) is -0.267. The van der Waals surface area contributed by atoms with E-state index in [1.54, 1.807) is 0 Å². The van der Waals surface area contributed by atoms with Crippen LogP contribution in [0.25, 0.3) is 0 Å². The van der Waals surface area contributed by atoms with Gasteiger partial charge in [0.25, 0.3) is 0 Å². The van der Waals surface area contributed by atoms with Crippen LogP contribution in [0.2, 0.25) is 0 Å². The maximum atomic E-state index is 10.7. The van der Waals surface area contributed by atoms with Crippen LogP contribution in [-0.2, 0) is 23.9 Å². The largest absolute Gasteiger partial charge is 0.478 e. The second-order valence-corrected chi connectivity index (χ2v) is 2.18. The Hall–Kier alpha value is -1.85. The minimum absolute atomic E-state index is 0.0397. The molecule has 0 rings (SSSR count). The van der Waals surface area contributed by atoms with Crippen LogP contribution in [0.4, 0.5) is 0 Å². The van der Waals surface area contributed by atoms with Gasteiger partial charge in [-0.1, -0.05) is 0 Å². The Kier molecular flexibility index (Phi) is 5.77. The monoisotopic (exact) mass is 202 g/mol. The van der Waals surface area contributed by atoms with Gasteiger partial charge in [0, 0.05) is 19.1 Å². The minimum Gasteiger partial charge on any atom is -0.478 e. The Morgan fingerprint density at radius 3 is 2.21 bits per heavy atom. The Morgan fingerprint density at radius 2 is 1.71 bits per heavy atom. The third-order valence-corrected chi connectivity index (χ3v) is 0.995. The molecule has 0 aromatic carbocycles. The lowest BCUT2D eigenvalue weighted by molar-refractivity contribution is -0.147. The van der Waals surface area contributed by atoms with E-state index in [-0.39, 0.29) is 13.2 Å². The Balaban J connectivity index is 3.55. The normalized spacial score (nSPS) is 9.79. The minimum atomic E-state index is -1.23. The zero-order valence-corrected chi connectivity index (χ0v) is 7.56. The summed E-state index contributed by atoms with van der Waals surface area (Å²) in [5.41, 5.74) is 0. The fraction of sp³-hybridized carbons (Fsp3) is 0.375. The van der Waals surface area contributed by atoms with Gasteiger partial charge in [-0.15, -0.1) is 0 Å². The van der Waals surface area contributed by atoms with Crippen LogP contribution in [0.3, 0.4) is 0 Å². The second kappa shape index (κ2) is 6.64. The molecule has 0 heterocycles. The van der Waals surface area contributed by atoms with Gasteiger partial charge in [-0.05, 0) is 0 Å². The van der Waals surface area contributed by atoms with Crippen LogP contribution in [0, 0.1) is 0 Å². The second-order valence-electron chi connectivity index (χ2n) is 2.18. The van der Waals surface area contributed by atoms with E-state index in [9.17, 15) is 14.4 Å². The molecular weight excluding hydrogens is 192 g/mol. The van der Waals surface area contributed by atoms with Crippen molar-refractivity contribution in [2.75, 3.05) is 13.2 Å². The summed E-state index contributed by atoms with van der Waals surface area (Å²) in [6, 6.07) is 0. The van der Waals surface area contributed by atoms with Gasteiger partial charge in [0.2, 0.25) is 0 Å². The molecule has 0 unspecified atom stereocenters. The van der Waals surface area contributed by atoms with E-state index in [2.05, 4.69) is 9.47 Å². The first-order valence-corrected chi connectivity index (χ1v) is 3.73. The molecule has 0 radical (unpaired) electrons. The van der Waals surface area contributed by atoms with Crippen LogP contribution in [-0.4, -0.2) is 36.2 Å². The number of hydrogen-bond donors (Lipinski definition) is 1. The Bertz CT molecular complexity index is 255. The van der Waals surface area contributed by atoms with E-state index in [0.29, 0.717) is 6.08 Å². The topological polar surface area (TPSA) is 89.9 Å². The zero-order valence-electron chi connectivity index (χ0n) is 7.56. The third-order valence-electron chi connectivity index (χ3n) is 0.995. The average molecular weight is 202 g/mol. The average Bonchev–Trinajstić information content (AvgIpc) is 2.08. The van der Waals surface area contributed by atoms with Crippen molar-refractivity contribution in [2.24, 2.45) is 0 Å². The van der Waals surface area contributed by atoms with Crippen molar-refractivity contribution in [3.8, 4) is 0 Å². The highest BCUT2D eigenvalue weighted by molar-refractivity contribution is 5.90. The molecule has 0 atom stereocenters. The molecule has 0 aliphatic rings. The summed E-state index contributed by atoms with van der Waals surface area (Å²) in [6.07, 6.45) is 1.43. The summed E-state index contributed by atoms with van der Waals surface area (Å²) in [5.74, 6) is -2.50. The molecule has 6 heteroatoms. The van der Waals surface area contributed by atoms with Crippen molar-refractivity contribution in [1.29, 1.82) is 0 Å². The lowest BCUT2D eigenvalue weighted by atomic mass is 10.5. The van der Waals surface area contributed by atoms with Gasteiger partial charge in [0.05, 0.1) is 0 Å². The number of rotatable bonds is 5. The molecule has 0 bridgehead atoms. The van der Waals surface area contributed by atoms with Crippen LogP contribution < -0.4 is 0 Å². The molecule has 0 aliphatic heterocycles. The van der Waals surface area contributed by atoms with Gasteiger partial charge in [-0.25, -0.2) is 9.59 Å². The molecule has 0 aromatic rings. The molecule has 0 fully saturated rings. The lowest BCUT2D eigenvalue weighted by Crippen LogP contribution is -2.10. The van der Waals surface area contributed by atoms with Crippen LogP contribution in [0.1, 0.15) is 6.92 Å². The fourth-order valence-electron chi connectivity index (χ4n) is 0.515. The molecule has 6 nitrogen and oxygen atoms in total. The zero-order chi connectivity index (χ0) is 11.0. The SMILES string of the molecule is CC(=O)OCCOC(=O)/C=C\C(=O)O. The predicted molar refractivity (Wildman–Crippen MR) is 44.4 cm³/mol. The first-order chi connectivity index (χ1) is 6.52. The molecular formula is C8H10O6. The smallest absolute Gasteiger partial charge is 0.331 e. The summed E-state index contributed by atoms with van der Waals surface area (Å²) in [7, 11) is 0. The first kappa shape index (κ1) is 12.2. The molecule has 78 valence electrons. The summed E-state index contributed by atoms with van der Waals surface area (Å²) in [4.78, 5) is 30.9. The van der Waals surface area contributed by atoms with Gasteiger partial charge in [0.1, 0.15) is 13.2 Å². The highest BCUT2D eigenvalue weighted by atomic mass is 16.6. The van der Waals surface area contributed by atoms with Crippen molar-refractivity contribution < 1.29 is 29.0 Å². The number of carbonyl (C=O) groups is 3. The van der Waals surface area contributed by atoms with E-state index < -0.39 is 17.9 Å². The van der Waals surface area contributed by atoms with Gasteiger partial charge in [0.15, 0.2) is 0 Å². The molecule has 0 saturated heterocycles. The molecule has 0 aliphatic carbocycles. The highest BCUT2D eigenvalue weighted by Gasteiger charge is 1.98. The Morgan fingerprint density at radius 1 is 1.14 bits per heavy atom. The number of esters is 2. The van der Waals surface area contributed by atoms with Gasteiger partial charge < -0.3 is 14.6 Å². The van der Waals surface area contributed by atoms with Crippen molar-refractivity contribution in [3.05, 3.63) is 12.2 Å². The van der Waals surface area contributed by atoms with Gasteiger partial charge >= 0.3 is 17.9 Å². The summed E-state index contributed by atoms with van der Waals surface area (Å²) >= 11 is 0. The van der Waals surface area contributed by atoms with Crippen molar-refractivity contribution in [2.45, 2.75) is 6.92 Å². The quantitative estimate of drug-likeness (QED) is 0.375. The van der Waals surface area contributed by atoms with Gasteiger partial charge in [-0.2, -0.15) is 0 Å². The Labute approximate surface area is 80.1 Å². The standard InChI is InChI=1S/C8H10O6/c1-6(9)13-4-5-14-8(12)3-2-7(10)11/h2-3H,4-5H2,1H3,(H,10,11)/b3-2-. The number of carboxylic acid groups (broad SMARTS) is 1.